The molecule has 4 aromatic rings. The highest BCUT2D eigenvalue weighted by Gasteiger charge is 2.26. The van der Waals surface area contributed by atoms with Gasteiger partial charge in [0.25, 0.3) is 5.91 Å². The van der Waals surface area contributed by atoms with Gasteiger partial charge in [0.05, 0.1) is 24.3 Å². The van der Waals surface area contributed by atoms with Crippen molar-refractivity contribution >= 4 is 22.1 Å². The number of aryl methyl sites for hydroxylation is 2. The summed E-state index contributed by atoms with van der Waals surface area (Å²) in [5.74, 6) is 0.288. The van der Waals surface area contributed by atoms with E-state index in [2.05, 4.69) is 15.1 Å². The van der Waals surface area contributed by atoms with Gasteiger partial charge in [0, 0.05) is 29.2 Å². The fourth-order valence-corrected chi connectivity index (χ4v) is 5.98. The predicted octanol–water partition coefficient (Wildman–Crippen LogP) is 5.18. The van der Waals surface area contributed by atoms with Gasteiger partial charge in [-0.3, -0.25) is 4.79 Å². The van der Waals surface area contributed by atoms with Crippen molar-refractivity contribution in [2.24, 2.45) is 5.10 Å². The van der Waals surface area contributed by atoms with Crippen molar-refractivity contribution < 1.29 is 17.9 Å². The third kappa shape index (κ3) is 7.50. The zero-order chi connectivity index (χ0) is 29.4. The van der Waals surface area contributed by atoms with Gasteiger partial charge in [-0.2, -0.15) is 9.41 Å². The molecular weight excluding hydrogens is 536 g/mol. The summed E-state index contributed by atoms with van der Waals surface area (Å²) >= 11 is 0. The van der Waals surface area contributed by atoms with Gasteiger partial charge in [0.2, 0.25) is 10.0 Å². The largest absolute Gasteiger partial charge is 0.494 e. The molecular formula is C32H36N4O4S. The molecule has 0 saturated heterocycles. The molecule has 0 unspecified atom stereocenters. The number of ether oxygens (including phenoxy) is 1. The lowest BCUT2D eigenvalue weighted by atomic mass is 10.1. The smallest absolute Gasteiger partial charge is 0.255 e. The second-order valence-electron chi connectivity index (χ2n) is 9.77. The minimum Gasteiger partial charge on any atom is -0.494 e. The molecule has 9 heteroatoms. The number of nitrogens with zero attached hydrogens (tertiary/aromatic N) is 3. The van der Waals surface area contributed by atoms with Crippen LogP contribution in [0.3, 0.4) is 0 Å². The van der Waals surface area contributed by atoms with Crippen LogP contribution in [0.25, 0.3) is 5.69 Å². The molecule has 1 N–H and O–H groups in total. The zero-order valence-corrected chi connectivity index (χ0v) is 24.7. The van der Waals surface area contributed by atoms with Crippen molar-refractivity contribution in [2.75, 3.05) is 19.7 Å². The second kappa shape index (κ2) is 13.4. The van der Waals surface area contributed by atoms with Gasteiger partial charge in [0.1, 0.15) is 5.75 Å². The summed E-state index contributed by atoms with van der Waals surface area (Å²) in [6.07, 6.45) is 2.05. The molecule has 214 valence electrons. The molecule has 0 aliphatic carbocycles. The monoisotopic (exact) mass is 572 g/mol. The topological polar surface area (TPSA) is 93.0 Å². The number of carbonyl (C=O) groups is 1. The quantitative estimate of drug-likeness (QED) is 0.187. The summed E-state index contributed by atoms with van der Waals surface area (Å²) in [4.78, 5) is 13.1. The molecule has 0 aliphatic rings. The maximum Gasteiger partial charge on any atom is 0.255 e. The lowest BCUT2D eigenvalue weighted by molar-refractivity contribution is -0.121. The Kier molecular flexibility index (Phi) is 9.75. The third-order valence-electron chi connectivity index (χ3n) is 6.74. The highest BCUT2D eigenvalue weighted by atomic mass is 32.2. The Morgan fingerprint density at radius 3 is 2.32 bits per heavy atom. The first-order valence-electron chi connectivity index (χ1n) is 13.5. The number of sulfonamides is 1. The van der Waals surface area contributed by atoms with E-state index in [4.69, 9.17) is 4.74 Å². The predicted molar refractivity (Wildman–Crippen MR) is 162 cm³/mol. The van der Waals surface area contributed by atoms with E-state index >= 15 is 0 Å². The fourth-order valence-electron chi connectivity index (χ4n) is 4.59. The van der Waals surface area contributed by atoms with Crippen LogP contribution in [0.2, 0.25) is 0 Å². The molecule has 8 nitrogen and oxygen atoms in total. The molecule has 0 aliphatic heterocycles. The van der Waals surface area contributed by atoms with Gasteiger partial charge in [0.15, 0.2) is 0 Å². The van der Waals surface area contributed by atoms with Gasteiger partial charge in [-0.25, -0.2) is 13.8 Å². The molecule has 0 bridgehead atoms. The summed E-state index contributed by atoms with van der Waals surface area (Å²) in [7, 11) is -3.90. The van der Waals surface area contributed by atoms with E-state index in [0.717, 1.165) is 39.5 Å². The average molecular weight is 573 g/mol. The molecule has 3 aromatic carbocycles. The molecule has 1 amide bonds. The molecule has 0 atom stereocenters. The first-order chi connectivity index (χ1) is 19.7. The summed E-state index contributed by atoms with van der Waals surface area (Å²) in [5.41, 5.74) is 8.24. The molecule has 1 heterocycles. The summed E-state index contributed by atoms with van der Waals surface area (Å²) in [6, 6.07) is 26.0. The zero-order valence-electron chi connectivity index (χ0n) is 23.9. The van der Waals surface area contributed by atoms with E-state index in [1.165, 1.54) is 4.31 Å². The lowest BCUT2D eigenvalue weighted by Gasteiger charge is -2.21. The van der Waals surface area contributed by atoms with Crippen LogP contribution in [0, 0.1) is 20.8 Å². The van der Waals surface area contributed by atoms with Crippen LogP contribution in [0.5, 0.6) is 5.75 Å². The molecule has 0 radical (unpaired) electrons. The summed E-state index contributed by atoms with van der Waals surface area (Å²) in [5, 5.41) is 4.15. The fraction of sp³-hybridized carbons (Fsp3) is 0.250. The van der Waals surface area contributed by atoms with Crippen molar-refractivity contribution in [1.82, 2.24) is 14.3 Å². The maximum absolute atomic E-state index is 13.5. The van der Waals surface area contributed by atoms with Gasteiger partial charge in [-0.05, 0) is 82.1 Å². The summed E-state index contributed by atoms with van der Waals surface area (Å²) < 4.78 is 35.8. The molecule has 0 fully saturated rings. The van der Waals surface area contributed by atoms with E-state index in [9.17, 15) is 13.2 Å². The van der Waals surface area contributed by atoms with Gasteiger partial charge < -0.3 is 9.30 Å². The van der Waals surface area contributed by atoms with Crippen LogP contribution in [-0.4, -0.2) is 49.1 Å². The molecule has 41 heavy (non-hydrogen) atoms. The third-order valence-corrected chi connectivity index (χ3v) is 8.60. The number of aromatic nitrogens is 1. The number of amides is 1. The van der Waals surface area contributed by atoms with E-state index in [-0.39, 0.29) is 18.0 Å². The molecule has 0 spiro atoms. The van der Waals surface area contributed by atoms with E-state index in [1.54, 1.807) is 30.5 Å². The van der Waals surface area contributed by atoms with Gasteiger partial charge in [-0.15, -0.1) is 0 Å². The Bertz CT molecular complexity index is 1590. The van der Waals surface area contributed by atoms with Gasteiger partial charge >= 0.3 is 0 Å². The van der Waals surface area contributed by atoms with Crippen molar-refractivity contribution in [3.8, 4) is 11.4 Å². The van der Waals surface area contributed by atoms with Crippen LogP contribution in [0.15, 0.2) is 94.9 Å². The van der Waals surface area contributed by atoms with E-state index < -0.39 is 15.9 Å². The average Bonchev–Trinajstić information content (AvgIpc) is 3.24. The number of benzene rings is 3. The standard InChI is InChI=1S/C32H36N4O4S/c1-5-40-30-15-13-29(14-16-30)36-25(3)21-28(26(36)4)22-33-34-32(37)23-35(20-19-27-9-7-6-8-10-27)41(38,39)31-17-11-24(2)12-18-31/h6-18,21-22H,5,19-20,23H2,1-4H3,(H,34,37)/b33-22+. The second-order valence-corrected chi connectivity index (χ2v) is 11.7. The Balaban J connectivity index is 1.47. The van der Waals surface area contributed by atoms with Crippen LogP contribution in [0.1, 0.15) is 35.0 Å². The van der Waals surface area contributed by atoms with Crippen molar-refractivity contribution in [3.05, 3.63) is 113 Å². The summed E-state index contributed by atoms with van der Waals surface area (Å²) in [6.45, 7) is 8.22. The van der Waals surface area contributed by atoms with Gasteiger partial charge in [-0.1, -0.05) is 48.0 Å². The number of hydrazone groups is 1. The lowest BCUT2D eigenvalue weighted by Crippen LogP contribution is -2.40. The number of hydrogen-bond acceptors (Lipinski definition) is 5. The first-order valence-corrected chi connectivity index (χ1v) is 15.0. The van der Waals surface area contributed by atoms with Crippen LogP contribution >= 0.6 is 0 Å². The Morgan fingerprint density at radius 1 is 0.976 bits per heavy atom. The minimum absolute atomic E-state index is 0.147. The number of hydrogen-bond donors (Lipinski definition) is 1. The van der Waals surface area contributed by atoms with Crippen molar-refractivity contribution in [2.45, 2.75) is 39.0 Å². The first kappa shape index (κ1) is 29.8. The van der Waals surface area contributed by atoms with E-state index in [1.807, 2.05) is 88.4 Å². The normalized spacial score (nSPS) is 11.7. The Hall–Kier alpha value is -4.21. The molecule has 1 aromatic heterocycles. The minimum atomic E-state index is -3.90. The highest BCUT2D eigenvalue weighted by Crippen LogP contribution is 2.22. The van der Waals surface area contributed by atoms with Crippen LogP contribution in [0.4, 0.5) is 0 Å². The van der Waals surface area contributed by atoms with Crippen molar-refractivity contribution in [1.29, 1.82) is 0 Å². The number of nitrogens with one attached hydrogen (secondary N) is 1. The van der Waals surface area contributed by atoms with E-state index in [0.29, 0.717) is 13.0 Å². The Morgan fingerprint density at radius 2 is 1.66 bits per heavy atom. The molecule has 0 saturated carbocycles. The maximum atomic E-state index is 13.5. The van der Waals surface area contributed by atoms with Crippen molar-refractivity contribution in [3.63, 3.8) is 0 Å². The number of carbonyl (C=O) groups excluding carboxylic acids is 1. The Labute approximate surface area is 242 Å². The van der Waals surface area contributed by atoms with Crippen LogP contribution < -0.4 is 10.2 Å². The highest BCUT2D eigenvalue weighted by molar-refractivity contribution is 7.89. The SMILES string of the molecule is CCOc1ccc(-n2c(C)cc(/C=N/NC(=O)CN(CCc3ccccc3)S(=O)(=O)c3ccc(C)cc3)c2C)cc1. The molecule has 4 rings (SSSR count). The number of rotatable bonds is 12. The van der Waals surface area contributed by atoms with Crippen LogP contribution in [-0.2, 0) is 21.2 Å².